The van der Waals surface area contributed by atoms with Crippen molar-refractivity contribution in [2.45, 2.75) is 12.6 Å². The largest absolute Gasteiger partial charge is 0.330 e. The van der Waals surface area contributed by atoms with Crippen molar-refractivity contribution < 1.29 is 0 Å². The zero-order valence-corrected chi connectivity index (χ0v) is 9.51. The monoisotopic (exact) mass is 224 g/mol. The highest BCUT2D eigenvalue weighted by molar-refractivity contribution is 5.03. The van der Waals surface area contributed by atoms with E-state index in [-0.39, 0.29) is 17.3 Å². The van der Waals surface area contributed by atoms with Crippen LogP contribution < -0.4 is 17.0 Å². The van der Waals surface area contributed by atoms with E-state index in [1.54, 1.807) is 7.05 Å². The second kappa shape index (κ2) is 3.88. The zero-order valence-electron chi connectivity index (χ0n) is 9.51. The number of hydrogen-bond donors (Lipinski definition) is 1. The maximum atomic E-state index is 11.6. The Hall–Kier alpha value is -1.40. The standard InChI is InChI=1S/C10H16N4O2/c1-12-8(6-14-4-7(11)5-14)3-9(15)13(2)10(12)16/h3,7H,4-6,11H2,1-2H3. The number of nitrogens with two attached hydrogens (primary N) is 1. The van der Waals surface area contributed by atoms with Crippen molar-refractivity contribution in [1.82, 2.24) is 14.0 Å². The molecule has 1 aliphatic heterocycles. The molecule has 0 bridgehead atoms. The van der Waals surface area contributed by atoms with Gasteiger partial charge in [0, 0.05) is 51.5 Å². The van der Waals surface area contributed by atoms with E-state index in [1.165, 1.54) is 17.7 Å². The molecule has 16 heavy (non-hydrogen) atoms. The van der Waals surface area contributed by atoms with Crippen molar-refractivity contribution in [3.05, 3.63) is 32.6 Å². The van der Waals surface area contributed by atoms with Crippen LogP contribution in [0.5, 0.6) is 0 Å². The van der Waals surface area contributed by atoms with Crippen LogP contribution in [0.3, 0.4) is 0 Å². The molecule has 6 heteroatoms. The zero-order chi connectivity index (χ0) is 11.9. The maximum absolute atomic E-state index is 11.6. The van der Waals surface area contributed by atoms with Gasteiger partial charge in [-0.25, -0.2) is 4.79 Å². The van der Waals surface area contributed by atoms with Crippen LogP contribution in [0.15, 0.2) is 15.7 Å². The lowest BCUT2D eigenvalue weighted by Gasteiger charge is -2.36. The van der Waals surface area contributed by atoms with Gasteiger partial charge in [0.15, 0.2) is 0 Å². The molecule has 1 fully saturated rings. The molecule has 0 amide bonds. The molecular formula is C10H16N4O2. The van der Waals surface area contributed by atoms with Gasteiger partial charge in [-0.15, -0.1) is 0 Å². The van der Waals surface area contributed by atoms with E-state index < -0.39 is 0 Å². The topological polar surface area (TPSA) is 73.3 Å². The number of aromatic nitrogens is 2. The smallest absolute Gasteiger partial charge is 0.325 e. The highest BCUT2D eigenvalue weighted by Gasteiger charge is 2.23. The van der Waals surface area contributed by atoms with Gasteiger partial charge in [-0.3, -0.25) is 18.8 Å². The average Bonchev–Trinajstić information content (AvgIpc) is 2.20. The lowest BCUT2D eigenvalue weighted by molar-refractivity contribution is 0.138. The van der Waals surface area contributed by atoms with Crippen LogP contribution in [0.2, 0.25) is 0 Å². The van der Waals surface area contributed by atoms with Crippen LogP contribution >= 0.6 is 0 Å². The Morgan fingerprint density at radius 1 is 1.31 bits per heavy atom. The van der Waals surface area contributed by atoms with Crippen LogP contribution in [0, 0.1) is 0 Å². The lowest BCUT2D eigenvalue weighted by Crippen LogP contribution is -2.55. The summed E-state index contributed by atoms with van der Waals surface area (Å²) in [5.41, 5.74) is 5.86. The van der Waals surface area contributed by atoms with Crippen molar-refractivity contribution in [2.75, 3.05) is 13.1 Å². The Morgan fingerprint density at radius 3 is 2.50 bits per heavy atom. The summed E-state index contributed by atoms with van der Waals surface area (Å²) in [5, 5.41) is 0. The van der Waals surface area contributed by atoms with Gasteiger partial charge in [0.1, 0.15) is 0 Å². The maximum Gasteiger partial charge on any atom is 0.330 e. The number of nitrogens with zero attached hydrogens (tertiary/aromatic N) is 3. The first-order valence-corrected chi connectivity index (χ1v) is 5.23. The van der Waals surface area contributed by atoms with E-state index in [0.717, 1.165) is 23.4 Å². The van der Waals surface area contributed by atoms with Gasteiger partial charge >= 0.3 is 5.69 Å². The fraction of sp³-hybridized carbons (Fsp3) is 0.600. The molecule has 0 radical (unpaired) electrons. The van der Waals surface area contributed by atoms with Gasteiger partial charge in [0.2, 0.25) is 0 Å². The molecular weight excluding hydrogens is 208 g/mol. The van der Waals surface area contributed by atoms with Gasteiger partial charge in [-0.1, -0.05) is 0 Å². The highest BCUT2D eigenvalue weighted by Crippen LogP contribution is 2.09. The summed E-state index contributed by atoms with van der Waals surface area (Å²) in [6.45, 7) is 2.25. The first-order chi connectivity index (χ1) is 7.49. The molecule has 1 aliphatic rings. The fourth-order valence-electron chi connectivity index (χ4n) is 1.90. The SMILES string of the molecule is Cn1c(CN2CC(N)C2)cc(=O)n(C)c1=O. The molecule has 2 N–H and O–H groups in total. The summed E-state index contributed by atoms with van der Waals surface area (Å²) >= 11 is 0. The van der Waals surface area contributed by atoms with Crippen LogP contribution in [0.1, 0.15) is 5.69 Å². The third-order valence-electron chi connectivity index (χ3n) is 3.00. The molecule has 1 aromatic rings. The number of hydrogen-bond acceptors (Lipinski definition) is 4. The van der Waals surface area contributed by atoms with Gasteiger partial charge < -0.3 is 5.73 Å². The minimum atomic E-state index is -0.285. The van der Waals surface area contributed by atoms with Crippen LogP contribution in [0.4, 0.5) is 0 Å². The quantitative estimate of drug-likeness (QED) is 0.645. The summed E-state index contributed by atoms with van der Waals surface area (Å²) in [6.07, 6.45) is 0. The van der Waals surface area contributed by atoms with Gasteiger partial charge in [-0.2, -0.15) is 0 Å². The second-order valence-corrected chi connectivity index (χ2v) is 4.33. The van der Waals surface area contributed by atoms with E-state index in [9.17, 15) is 9.59 Å². The van der Waals surface area contributed by atoms with Crippen molar-refractivity contribution in [2.24, 2.45) is 19.8 Å². The van der Waals surface area contributed by atoms with Crippen LogP contribution in [-0.2, 0) is 20.6 Å². The van der Waals surface area contributed by atoms with Crippen molar-refractivity contribution in [3.8, 4) is 0 Å². The van der Waals surface area contributed by atoms with Crippen molar-refractivity contribution in [1.29, 1.82) is 0 Å². The summed E-state index contributed by atoms with van der Waals surface area (Å²) < 4.78 is 2.61. The molecule has 0 aromatic carbocycles. The third-order valence-corrected chi connectivity index (χ3v) is 3.00. The number of rotatable bonds is 2. The van der Waals surface area contributed by atoms with E-state index in [4.69, 9.17) is 5.73 Å². The Bertz CT molecular complexity index is 511. The second-order valence-electron chi connectivity index (χ2n) is 4.33. The minimum absolute atomic E-state index is 0.226. The molecule has 1 aromatic heterocycles. The first-order valence-electron chi connectivity index (χ1n) is 5.23. The van der Waals surface area contributed by atoms with Gasteiger partial charge in [0.25, 0.3) is 5.56 Å². The Kier molecular flexibility index (Phi) is 2.69. The molecule has 2 rings (SSSR count). The minimum Gasteiger partial charge on any atom is -0.325 e. The Labute approximate surface area is 92.9 Å². The Balaban J connectivity index is 2.28. The molecule has 2 heterocycles. The summed E-state index contributed by atoms with van der Waals surface area (Å²) in [7, 11) is 3.16. The van der Waals surface area contributed by atoms with Crippen molar-refractivity contribution >= 4 is 0 Å². The molecule has 0 saturated carbocycles. The summed E-state index contributed by atoms with van der Waals surface area (Å²) in [6, 6.07) is 1.73. The van der Waals surface area contributed by atoms with E-state index in [0.29, 0.717) is 6.54 Å². The first kappa shape index (κ1) is 11.1. The predicted molar refractivity (Wildman–Crippen MR) is 60.2 cm³/mol. The van der Waals surface area contributed by atoms with E-state index in [2.05, 4.69) is 4.90 Å². The molecule has 0 atom stereocenters. The van der Waals surface area contributed by atoms with Gasteiger partial charge in [0.05, 0.1) is 0 Å². The van der Waals surface area contributed by atoms with Gasteiger partial charge in [-0.05, 0) is 0 Å². The molecule has 0 aliphatic carbocycles. The summed E-state index contributed by atoms with van der Waals surface area (Å²) in [4.78, 5) is 25.2. The number of likely N-dealkylation sites (tertiary alicyclic amines) is 1. The highest BCUT2D eigenvalue weighted by atomic mass is 16.2. The molecule has 6 nitrogen and oxygen atoms in total. The lowest BCUT2D eigenvalue weighted by atomic mass is 10.1. The van der Waals surface area contributed by atoms with Crippen LogP contribution in [-0.4, -0.2) is 33.2 Å². The average molecular weight is 224 g/mol. The normalized spacial score (nSPS) is 17.4. The van der Waals surface area contributed by atoms with E-state index in [1.807, 2.05) is 0 Å². The Morgan fingerprint density at radius 2 is 1.94 bits per heavy atom. The predicted octanol–water partition coefficient (Wildman–Crippen LogP) is -1.77. The third kappa shape index (κ3) is 1.81. The molecule has 1 saturated heterocycles. The summed E-state index contributed by atoms with van der Waals surface area (Å²) in [5.74, 6) is 0. The van der Waals surface area contributed by atoms with Crippen LogP contribution in [0.25, 0.3) is 0 Å². The fourth-order valence-corrected chi connectivity index (χ4v) is 1.90. The molecule has 88 valence electrons. The molecule has 0 unspecified atom stereocenters. The van der Waals surface area contributed by atoms with E-state index >= 15 is 0 Å². The van der Waals surface area contributed by atoms with Crippen molar-refractivity contribution in [3.63, 3.8) is 0 Å². The molecule has 0 spiro atoms.